The molecule has 1 atom stereocenters. The molecule has 1 unspecified atom stereocenters. The zero-order valence-corrected chi connectivity index (χ0v) is 9.90. The van der Waals surface area contributed by atoms with Crippen molar-refractivity contribution in [1.82, 2.24) is 0 Å². The highest BCUT2D eigenvalue weighted by atomic mass is 16.5. The van der Waals surface area contributed by atoms with E-state index in [1.807, 2.05) is 0 Å². The number of aliphatic carboxylic acids is 1. The highest BCUT2D eigenvalue weighted by Gasteiger charge is 2.31. The summed E-state index contributed by atoms with van der Waals surface area (Å²) in [6.45, 7) is 4.33. The fourth-order valence-electron chi connectivity index (χ4n) is 2.70. The molecule has 3 heteroatoms. The van der Waals surface area contributed by atoms with E-state index in [4.69, 9.17) is 9.84 Å². The highest BCUT2D eigenvalue weighted by molar-refractivity contribution is 5.69. The molecule has 1 aliphatic rings. The van der Waals surface area contributed by atoms with E-state index in [1.165, 1.54) is 0 Å². The van der Waals surface area contributed by atoms with Gasteiger partial charge >= 0.3 is 5.97 Å². The molecule has 0 aromatic carbocycles. The highest BCUT2D eigenvalue weighted by Crippen LogP contribution is 2.34. The molecule has 0 amide bonds. The van der Waals surface area contributed by atoms with Gasteiger partial charge in [-0.15, -0.1) is 0 Å². The van der Waals surface area contributed by atoms with Crippen LogP contribution in [0.4, 0.5) is 0 Å². The van der Waals surface area contributed by atoms with E-state index in [2.05, 4.69) is 13.8 Å². The van der Waals surface area contributed by atoms with Crippen molar-refractivity contribution >= 4 is 5.97 Å². The second-order valence-corrected chi connectivity index (χ2v) is 4.89. The number of rotatable bonds is 4. The summed E-state index contributed by atoms with van der Waals surface area (Å²) in [5, 5.41) is 8.90. The Bertz CT molecular complexity index is 205. The Hall–Kier alpha value is -0.570. The van der Waals surface area contributed by atoms with E-state index < -0.39 is 5.97 Å². The van der Waals surface area contributed by atoms with E-state index in [0.717, 1.165) is 25.7 Å². The summed E-state index contributed by atoms with van der Waals surface area (Å²) >= 11 is 0. The number of ether oxygens (including phenoxy) is 1. The van der Waals surface area contributed by atoms with Gasteiger partial charge in [-0.05, 0) is 37.5 Å². The minimum absolute atomic E-state index is 0.120. The zero-order chi connectivity index (χ0) is 11.4. The van der Waals surface area contributed by atoms with Crippen LogP contribution in [0.5, 0.6) is 0 Å². The van der Waals surface area contributed by atoms with Gasteiger partial charge in [0.25, 0.3) is 0 Å². The molecule has 88 valence electrons. The van der Waals surface area contributed by atoms with Crippen molar-refractivity contribution in [1.29, 1.82) is 0 Å². The van der Waals surface area contributed by atoms with Crippen molar-refractivity contribution in [2.24, 2.45) is 17.8 Å². The molecular formula is C12H22O3. The summed E-state index contributed by atoms with van der Waals surface area (Å²) in [4.78, 5) is 10.8. The zero-order valence-electron chi connectivity index (χ0n) is 9.90. The Balaban J connectivity index is 2.45. The summed E-state index contributed by atoms with van der Waals surface area (Å²) in [5.74, 6) is 0.310. The van der Waals surface area contributed by atoms with E-state index in [-0.39, 0.29) is 5.92 Å². The quantitative estimate of drug-likeness (QED) is 0.782. The number of methoxy groups -OCH3 is 1. The van der Waals surface area contributed by atoms with Crippen LogP contribution < -0.4 is 0 Å². The van der Waals surface area contributed by atoms with Gasteiger partial charge in [0.1, 0.15) is 0 Å². The minimum Gasteiger partial charge on any atom is -0.481 e. The Morgan fingerprint density at radius 1 is 1.27 bits per heavy atom. The Morgan fingerprint density at radius 2 is 1.80 bits per heavy atom. The topological polar surface area (TPSA) is 46.5 Å². The number of hydrogen-bond acceptors (Lipinski definition) is 2. The van der Waals surface area contributed by atoms with Crippen LogP contribution in [-0.4, -0.2) is 24.3 Å². The predicted molar refractivity (Wildman–Crippen MR) is 58.7 cm³/mol. The van der Waals surface area contributed by atoms with Gasteiger partial charge in [-0.25, -0.2) is 0 Å². The first-order chi connectivity index (χ1) is 7.06. The van der Waals surface area contributed by atoms with E-state index in [1.54, 1.807) is 7.11 Å². The van der Waals surface area contributed by atoms with E-state index in [0.29, 0.717) is 17.9 Å². The summed E-state index contributed by atoms with van der Waals surface area (Å²) in [5.41, 5.74) is 0. The van der Waals surface area contributed by atoms with Gasteiger partial charge in [0, 0.05) is 7.11 Å². The molecule has 0 spiro atoms. The lowest BCUT2D eigenvalue weighted by Crippen LogP contribution is -2.33. The third kappa shape index (κ3) is 3.20. The molecule has 1 aliphatic carbocycles. The third-order valence-electron chi connectivity index (χ3n) is 3.51. The second kappa shape index (κ2) is 5.50. The van der Waals surface area contributed by atoms with Gasteiger partial charge in [-0.1, -0.05) is 13.8 Å². The lowest BCUT2D eigenvalue weighted by Gasteiger charge is -2.33. The van der Waals surface area contributed by atoms with Gasteiger partial charge in [0.05, 0.1) is 12.0 Å². The molecule has 15 heavy (non-hydrogen) atoms. The summed E-state index contributed by atoms with van der Waals surface area (Å²) in [6, 6.07) is 0. The van der Waals surface area contributed by atoms with Crippen LogP contribution in [0.3, 0.4) is 0 Å². The molecule has 0 aromatic heterocycles. The van der Waals surface area contributed by atoms with Crippen LogP contribution in [0.15, 0.2) is 0 Å². The number of hydrogen-bond donors (Lipinski definition) is 1. The number of carbonyl (C=O) groups is 1. The van der Waals surface area contributed by atoms with Crippen molar-refractivity contribution in [3.05, 3.63) is 0 Å². The maximum Gasteiger partial charge on any atom is 0.306 e. The molecule has 0 radical (unpaired) electrons. The summed E-state index contributed by atoms with van der Waals surface area (Å²) in [7, 11) is 1.76. The molecule has 0 saturated heterocycles. The maximum absolute atomic E-state index is 10.8. The van der Waals surface area contributed by atoms with Crippen molar-refractivity contribution < 1.29 is 14.6 Å². The molecule has 3 nitrogen and oxygen atoms in total. The Labute approximate surface area is 91.8 Å². The molecule has 0 aliphatic heterocycles. The largest absolute Gasteiger partial charge is 0.481 e. The fourth-order valence-corrected chi connectivity index (χ4v) is 2.70. The fraction of sp³-hybridized carbons (Fsp3) is 0.917. The van der Waals surface area contributed by atoms with Crippen molar-refractivity contribution in [3.8, 4) is 0 Å². The molecule has 0 aromatic rings. The normalized spacial score (nSPS) is 29.1. The number of carboxylic acid groups (broad SMARTS) is 1. The summed E-state index contributed by atoms with van der Waals surface area (Å²) < 4.78 is 5.50. The third-order valence-corrected chi connectivity index (χ3v) is 3.51. The molecule has 1 fully saturated rings. The average molecular weight is 214 g/mol. The van der Waals surface area contributed by atoms with Crippen LogP contribution in [0.2, 0.25) is 0 Å². The lowest BCUT2D eigenvalue weighted by molar-refractivity contribution is -0.143. The average Bonchev–Trinajstić information content (AvgIpc) is 2.19. The molecule has 0 heterocycles. The van der Waals surface area contributed by atoms with Crippen LogP contribution in [0.1, 0.15) is 39.5 Å². The van der Waals surface area contributed by atoms with Gasteiger partial charge in [-0.2, -0.15) is 0 Å². The molecule has 0 bridgehead atoms. The smallest absolute Gasteiger partial charge is 0.306 e. The predicted octanol–water partition coefficient (Wildman–Crippen LogP) is 2.55. The monoisotopic (exact) mass is 214 g/mol. The van der Waals surface area contributed by atoms with Crippen molar-refractivity contribution in [2.75, 3.05) is 7.11 Å². The SMILES string of the molecule is COC(C(C)C)C1CCC(C(=O)O)CC1. The van der Waals surface area contributed by atoms with E-state index in [9.17, 15) is 4.79 Å². The maximum atomic E-state index is 10.8. The lowest BCUT2D eigenvalue weighted by atomic mass is 9.77. The van der Waals surface area contributed by atoms with Gasteiger partial charge in [-0.3, -0.25) is 4.79 Å². The van der Waals surface area contributed by atoms with Crippen molar-refractivity contribution in [3.63, 3.8) is 0 Å². The van der Waals surface area contributed by atoms with Crippen LogP contribution >= 0.6 is 0 Å². The van der Waals surface area contributed by atoms with Gasteiger partial charge < -0.3 is 9.84 Å². The Morgan fingerprint density at radius 3 is 2.13 bits per heavy atom. The molecule has 1 rings (SSSR count). The summed E-state index contributed by atoms with van der Waals surface area (Å²) in [6.07, 6.45) is 3.90. The Kier molecular flexibility index (Phi) is 4.58. The molecule has 1 saturated carbocycles. The molecule has 1 N–H and O–H groups in total. The molecular weight excluding hydrogens is 192 g/mol. The second-order valence-electron chi connectivity index (χ2n) is 4.89. The number of carboxylic acids is 1. The van der Waals surface area contributed by atoms with Gasteiger partial charge in [0.15, 0.2) is 0 Å². The van der Waals surface area contributed by atoms with Gasteiger partial charge in [0.2, 0.25) is 0 Å². The van der Waals surface area contributed by atoms with Crippen LogP contribution in [-0.2, 0) is 9.53 Å². The van der Waals surface area contributed by atoms with Crippen LogP contribution in [0, 0.1) is 17.8 Å². The first-order valence-corrected chi connectivity index (χ1v) is 5.81. The first-order valence-electron chi connectivity index (χ1n) is 5.81. The first kappa shape index (κ1) is 12.5. The minimum atomic E-state index is -0.632. The van der Waals surface area contributed by atoms with Crippen molar-refractivity contribution in [2.45, 2.75) is 45.6 Å². The van der Waals surface area contributed by atoms with Crippen LogP contribution in [0.25, 0.3) is 0 Å². The standard InChI is InChI=1S/C12H22O3/c1-8(2)11(15-3)9-4-6-10(7-5-9)12(13)14/h8-11H,4-7H2,1-3H3,(H,13,14). The van der Waals surface area contributed by atoms with E-state index >= 15 is 0 Å².